The zero-order valence-corrected chi connectivity index (χ0v) is 18.0. The summed E-state index contributed by atoms with van der Waals surface area (Å²) in [6.45, 7) is 1.03. The van der Waals surface area contributed by atoms with Crippen molar-refractivity contribution in [3.8, 4) is 5.75 Å². The van der Waals surface area contributed by atoms with Crippen molar-refractivity contribution < 1.29 is 9.84 Å². The number of aliphatic hydroxyl groups excluding tert-OH is 1. The molecule has 5 heteroatoms. The number of nitrogens with one attached hydrogen (secondary N) is 1. The predicted molar refractivity (Wildman–Crippen MR) is 128 cm³/mol. The summed E-state index contributed by atoms with van der Waals surface area (Å²) in [5.74, 6) is 0.847. The van der Waals surface area contributed by atoms with E-state index in [1.165, 1.54) is 0 Å². The Labute approximate surface area is 184 Å². The van der Waals surface area contributed by atoms with Crippen LogP contribution in [0.4, 0.5) is 0 Å². The smallest absolute Gasteiger partial charge is 0.129 e. The van der Waals surface area contributed by atoms with E-state index < -0.39 is 6.10 Å². The first-order valence-electron chi connectivity index (χ1n) is 9.92. The minimum absolute atomic E-state index is 0. The van der Waals surface area contributed by atoms with Crippen LogP contribution in [0, 0.1) is 0 Å². The summed E-state index contributed by atoms with van der Waals surface area (Å²) in [6.07, 6.45) is 1.48. The normalized spacial score (nSPS) is 12.9. The van der Waals surface area contributed by atoms with Crippen LogP contribution in [0.3, 0.4) is 0 Å². The van der Waals surface area contributed by atoms with Crippen LogP contribution in [-0.2, 0) is 6.61 Å². The molecule has 2 atom stereocenters. The lowest BCUT2D eigenvalue weighted by atomic mass is 10.0. The zero-order valence-electron chi connectivity index (χ0n) is 17.0. The molecule has 4 nitrogen and oxygen atoms in total. The molecule has 4 rings (SSSR count). The van der Waals surface area contributed by atoms with Crippen LogP contribution < -0.4 is 10.1 Å². The maximum Gasteiger partial charge on any atom is 0.129 e. The monoisotopic (exact) mass is 420 g/mol. The highest BCUT2D eigenvalue weighted by atomic mass is 32.1. The van der Waals surface area contributed by atoms with E-state index in [1.807, 2.05) is 61.8 Å². The Balaban J connectivity index is 0.00000256. The number of benzene rings is 3. The quantitative estimate of drug-likeness (QED) is 0.441. The van der Waals surface area contributed by atoms with Crippen LogP contribution in [-0.4, -0.2) is 29.4 Å². The molecule has 0 amide bonds. The number of nitrogens with zero attached hydrogens (tertiary/aromatic N) is 1. The third-order valence-corrected chi connectivity index (χ3v) is 5.18. The Morgan fingerprint density at radius 2 is 1.60 bits per heavy atom. The van der Waals surface area contributed by atoms with Crippen molar-refractivity contribution in [3.63, 3.8) is 0 Å². The second-order valence-electron chi connectivity index (χ2n) is 7.17. The molecule has 1 heterocycles. The second kappa shape index (κ2) is 10.3. The lowest BCUT2D eigenvalue weighted by molar-refractivity contribution is 0.132. The predicted octanol–water partition coefficient (Wildman–Crippen LogP) is 4.50. The number of ether oxygens (including phenoxy) is 1. The van der Waals surface area contributed by atoms with E-state index in [4.69, 9.17) is 4.74 Å². The summed E-state index contributed by atoms with van der Waals surface area (Å²) in [6, 6.07) is 28.2. The molecule has 0 unspecified atom stereocenters. The third-order valence-electron chi connectivity index (χ3n) is 5.18. The van der Waals surface area contributed by atoms with Gasteiger partial charge in [-0.15, -0.1) is 0 Å². The SMILES string of the molecule is CNC[C@@H](O)[C@H](c1ccccc1)n1ccc2c(OCc3ccccc3)cccc21.S. The average molecular weight is 421 g/mol. The molecular formula is C25H28N2O2S. The fraction of sp³-hybridized carbons (Fsp3) is 0.200. The highest BCUT2D eigenvalue weighted by molar-refractivity contribution is 7.59. The number of hydrogen-bond donors (Lipinski definition) is 2. The maximum atomic E-state index is 10.9. The summed E-state index contributed by atoms with van der Waals surface area (Å²) in [4.78, 5) is 0. The number of aliphatic hydroxyl groups is 1. The molecule has 0 aliphatic carbocycles. The molecule has 0 spiro atoms. The van der Waals surface area contributed by atoms with Crippen LogP contribution in [0.25, 0.3) is 10.9 Å². The average Bonchev–Trinajstić information content (AvgIpc) is 3.18. The Morgan fingerprint density at radius 1 is 0.900 bits per heavy atom. The number of hydrogen-bond acceptors (Lipinski definition) is 3. The first kappa shape index (κ1) is 22.0. The molecule has 0 aliphatic rings. The first-order chi connectivity index (χ1) is 14.3. The minimum Gasteiger partial charge on any atom is -0.488 e. The van der Waals surface area contributed by atoms with Gasteiger partial charge in [-0.05, 0) is 36.4 Å². The van der Waals surface area contributed by atoms with E-state index in [0.717, 1.165) is 27.8 Å². The number of fused-ring (bicyclic) bond motifs is 1. The van der Waals surface area contributed by atoms with Crippen molar-refractivity contribution in [2.75, 3.05) is 13.6 Å². The van der Waals surface area contributed by atoms with Gasteiger partial charge < -0.3 is 19.7 Å². The van der Waals surface area contributed by atoms with E-state index in [0.29, 0.717) is 13.2 Å². The first-order valence-corrected chi connectivity index (χ1v) is 9.92. The van der Waals surface area contributed by atoms with Crippen molar-refractivity contribution in [2.24, 2.45) is 0 Å². The van der Waals surface area contributed by atoms with Gasteiger partial charge in [0.05, 0.1) is 17.7 Å². The summed E-state index contributed by atoms with van der Waals surface area (Å²) >= 11 is 0. The summed E-state index contributed by atoms with van der Waals surface area (Å²) in [5.41, 5.74) is 3.25. The molecule has 3 aromatic carbocycles. The number of rotatable bonds is 8. The third kappa shape index (κ3) is 4.70. The lowest BCUT2D eigenvalue weighted by Crippen LogP contribution is -2.33. The molecule has 30 heavy (non-hydrogen) atoms. The molecular weight excluding hydrogens is 392 g/mol. The van der Waals surface area contributed by atoms with Gasteiger partial charge in [0, 0.05) is 18.1 Å². The summed E-state index contributed by atoms with van der Waals surface area (Å²) in [7, 11) is 1.86. The van der Waals surface area contributed by atoms with Gasteiger partial charge in [0.1, 0.15) is 12.4 Å². The zero-order chi connectivity index (χ0) is 20.1. The van der Waals surface area contributed by atoms with Gasteiger partial charge in [0.25, 0.3) is 0 Å². The number of aromatic nitrogens is 1. The van der Waals surface area contributed by atoms with Crippen LogP contribution in [0.5, 0.6) is 5.75 Å². The highest BCUT2D eigenvalue weighted by Crippen LogP contribution is 2.32. The molecule has 0 aliphatic heterocycles. The van der Waals surface area contributed by atoms with E-state index >= 15 is 0 Å². The summed E-state index contributed by atoms with van der Waals surface area (Å²) in [5, 5.41) is 15.0. The second-order valence-corrected chi connectivity index (χ2v) is 7.17. The maximum absolute atomic E-state index is 10.9. The van der Waals surface area contributed by atoms with Gasteiger partial charge in [0.2, 0.25) is 0 Å². The summed E-state index contributed by atoms with van der Waals surface area (Å²) < 4.78 is 8.26. The fourth-order valence-corrected chi connectivity index (χ4v) is 3.80. The van der Waals surface area contributed by atoms with E-state index in [-0.39, 0.29) is 19.5 Å². The molecule has 0 saturated heterocycles. The highest BCUT2D eigenvalue weighted by Gasteiger charge is 2.24. The molecule has 0 fully saturated rings. The van der Waals surface area contributed by atoms with Gasteiger partial charge >= 0.3 is 0 Å². The number of likely N-dealkylation sites (N-methyl/N-ethyl adjacent to an activating group) is 1. The molecule has 0 saturated carbocycles. The van der Waals surface area contributed by atoms with Crippen LogP contribution >= 0.6 is 13.5 Å². The van der Waals surface area contributed by atoms with Crippen molar-refractivity contribution in [1.82, 2.24) is 9.88 Å². The van der Waals surface area contributed by atoms with E-state index in [2.05, 4.69) is 46.3 Å². The Morgan fingerprint density at radius 3 is 2.30 bits per heavy atom. The van der Waals surface area contributed by atoms with Crippen LogP contribution in [0.2, 0.25) is 0 Å². The van der Waals surface area contributed by atoms with Gasteiger partial charge in [-0.2, -0.15) is 13.5 Å². The van der Waals surface area contributed by atoms with Crippen LogP contribution in [0.15, 0.2) is 91.1 Å². The standard InChI is InChI=1S/C25H26N2O2.H2S/c1-26-17-23(28)25(20-11-6-3-7-12-20)27-16-15-21-22(27)13-8-14-24(21)29-18-19-9-4-2-5-10-19;/h2-16,23,25-26,28H,17-18H2,1H3;1H2/t23-,25+;/m1./s1. The van der Waals surface area contributed by atoms with Crippen molar-refractivity contribution in [3.05, 3.63) is 102 Å². The van der Waals surface area contributed by atoms with E-state index in [9.17, 15) is 5.11 Å². The van der Waals surface area contributed by atoms with Gasteiger partial charge in [-0.25, -0.2) is 0 Å². The van der Waals surface area contributed by atoms with Gasteiger partial charge in [-0.3, -0.25) is 0 Å². The van der Waals surface area contributed by atoms with Crippen LogP contribution in [0.1, 0.15) is 17.2 Å². The minimum atomic E-state index is -0.563. The molecule has 4 aromatic rings. The van der Waals surface area contributed by atoms with Gasteiger partial charge in [0.15, 0.2) is 0 Å². The van der Waals surface area contributed by atoms with Crippen molar-refractivity contribution in [1.29, 1.82) is 0 Å². The Bertz CT molecular complexity index is 1050. The molecule has 2 N–H and O–H groups in total. The lowest BCUT2D eigenvalue weighted by Gasteiger charge is -2.26. The Kier molecular flexibility index (Phi) is 7.57. The largest absolute Gasteiger partial charge is 0.488 e. The van der Waals surface area contributed by atoms with Crippen molar-refractivity contribution >= 4 is 24.4 Å². The molecule has 156 valence electrons. The van der Waals surface area contributed by atoms with E-state index in [1.54, 1.807) is 0 Å². The molecule has 0 radical (unpaired) electrons. The van der Waals surface area contributed by atoms with Crippen molar-refractivity contribution in [2.45, 2.75) is 18.8 Å². The topological polar surface area (TPSA) is 46.4 Å². The fourth-order valence-electron chi connectivity index (χ4n) is 3.80. The van der Waals surface area contributed by atoms with Gasteiger partial charge in [-0.1, -0.05) is 66.7 Å². The Hall–Kier alpha value is -2.73. The molecule has 1 aromatic heterocycles. The molecule has 0 bridgehead atoms.